The van der Waals surface area contributed by atoms with Gasteiger partial charge in [0.2, 0.25) is 0 Å². The lowest BCUT2D eigenvalue weighted by Gasteiger charge is -2.33. The first-order valence-electron chi connectivity index (χ1n) is 6.69. The second kappa shape index (κ2) is 5.81. The van der Waals surface area contributed by atoms with Gasteiger partial charge in [0, 0.05) is 18.4 Å². The maximum Gasteiger partial charge on any atom is 0.140 e. The Labute approximate surface area is 100.0 Å². The number of carbonyl (C=O) groups is 1. The molecule has 1 aliphatic rings. The number of carbonyl (C=O) groups excluding carboxylic acids is 1. The molecule has 2 heteroatoms. The molecule has 0 aliphatic heterocycles. The number of hydrogen-bond acceptors (Lipinski definition) is 2. The lowest BCUT2D eigenvalue weighted by atomic mass is 9.71. The van der Waals surface area contributed by atoms with Crippen molar-refractivity contribution in [2.45, 2.75) is 47.0 Å². The number of Topliss-reactive ketones (excluding diaryl/α,β-unsaturated/α-hetero) is 1. The molecular weight excluding hydrogens is 198 g/mol. The van der Waals surface area contributed by atoms with Crippen molar-refractivity contribution >= 4 is 5.78 Å². The van der Waals surface area contributed by atoms with E-state index in [1.807, 2.05) is 0 Å². The fraction of sp³-hybridized carbons (Fsp3) is 0.929. The molecule has 0 aromatic rings. The molecule has 0 aromatic heterocycles. The highest BCUT2D eigenvalue weighted by atomic mass is 16.1. The Kier molecular flexibility index (Phi) is 4.97. The van der Waals surface area contributed by atoms with E-state index in [9.17, 15) is 4.79 Å². The fourth-order valence-corrected chi connectivity index (χ4v) is 3.20. The van der Waals surface area contributed by atoms with Crippen molar-refractivity contribution in [3.8, 4) is 0 Å². The van der Waals surface area contributed by atoms with Crippen LogP contribution in [0, 0.1) is 29.6 Å². The Bertz CT molecular complexity index is 227. The number of nitrogens with two attached hydrogens (primary N) is 1. The average Bonchev–Trinajstić information content (AvgIpc) is 2.16. The van der Waals surface area contributed by atoms with Crippen molar-refractivity contribution in [3.05, 3.63) is 0 Å². The molecule has 3 unspecified atom stereocenters. The van der Waals surface area contributed by atoms with Crippen LogP contribution < -0.4 is 5.73 Å². The van der Waals surface area contributed by atoms with E-state index in [-0.39, 0.29) is 11.8 Å². The van der Waals surface area contributed by atoms with Gasteiger partial charge >= 0.3 is 0 Å². The van der Waals surface area contributed by atoms with E-state index in [1.54, 1.807) is 0 Å². The number of ketones is 1. The molecule has 0 spiro atoms. The van der Waals surface area contributed by atoms with Gasteiger partial charge in [0.1, 0.15) is 5.78 Å². The molecule has 0 saturated heterocycles. The second-order valence-electron chi connectivity index (χ2n) is 6.10. The van der Waals surface area contributed by atoms with Crippen LogP contribution in [0.25, 0.3) is 0 Å². The van der Waals surface area contributed by atoms with Crippen molar-refractivity contribution in [2.75, 3.05) is 6.54 Å². The minimum absolute atomic E-state index is 0.0718. The summed E-state index contributed by atoms with van der Waals surface area (Å²) in [5, 5.41) is 0. The summed E-state index contributed by atoms with van der Waals surface area (Å²) in [6.07, 6.45) is 3.43. The molecule has 0 heterocycles. The predicted molar refractivity (Wildman–Crippen MR) is 68.1 cm³/mol. The number of rotatable bonds is 4. The smallest absolute Gasteiger partial charge is 0.140 e. The van der Waals surface area contributed by atoms with Gasteiger partial charge in [-0.05, 0) is 37.0 Å². The van der Waals surface area contributed by atoms with Gasteiger partial charge in [-0.3, -0.25) is 4.79 Å². The molecule has 0 aromatic carbocycles. The molecule has 1 saturated carbocycles. The zero-order valence-electron chi connectivity index (χ0n) is 11.2. The van der Waals surface area contributed by atoms with Crippen LogP contribution in [0.2, 0.25) is 0 Å². The highest BCUT2D eigenvalue weighted by molar-refractivity contribution is 5.84. The summed E-state index contributed by atoms with van der Waals surface area (Å²) in [6, 6.07) is 0. The molecule has 1 aliphatic carbocycles. The molecule has 1 fully saturated rings. The minimum atomic E-state index is 0.0718. The van der Waals surface area contributed by atoms with Gasteiger partial charge in [0.25, 0.3) is 0 Å². The Morgan fingerprint density at radius 3 is 2.06 bits per heavy atom. The van der Waals surface area contributed by atoms with Crippen LogP contribution in [-0.2, 0) is 4.79 Å². The summed E-state index contributed by atoms with van der Waals surface area (Å²) in [6.45, 7) is 9.25. The molecule has 0 amide bonds. The van der Waals surface area contributed by atoms with Gasteiger partial charge in [0.05, 0.1) is 0 Å². The van der Waals surface area contributed by atoms with Gasteiger partial charge in [0.15, 0.2) is 0 Å². The zero-order valence-corrected chi connectivity index (χ0v) is 11.2. The summed E-state index contributed by atoms with van der Waals surface area (Å²) in [4.78, 5) is 12.4. The van der Waals surface area contributed by atoms with Crippen molar-refractivity contribution in [2.24, 2.45) is 35.3 Å². The standard InChI is InChI=1S/C14H27NO/c1-9(2)13(8-15)14(16)12-6-10(3)5-11(4)7-12/h9-13H,5-8,15H2,1-4H3. The SMILES string of the molecule is CC1CC(C)CC(C(=O)C(CN)C(C)C)C1. The summed E-state index contributed by atoms with van der Waals surface area (Å²) < 4.78 is 0. The summed E-state index contributed by atoms with van der Waals surface area (Å²) in [5.74, 6) is 2.55. The average molecular weight is 225 g/mol. The maximum absolute atomic E-state index is 12.4. The van der Waals surface area contributed by atoms with Crippen LogP contribution in [0.4, 0.5) is 0 Å². The molecule has 2 nitrogen and oxygen atoms in total. The Morgan fingerprint density at radius 2 is 1.69 bits per heavy atom. The number of hydrogen-bond donors (Lipinski definition) is 1. The molecular formula is C14H27NO. The van der Waals surface area contributed by atoms with Crippen LogP contribution in [0.15, 0.2) is 0 Å². The highest BCUT2D eigenvalue weighted by Gasteiger charge is 2.33. The van der Waals surface area contributed by atoms with E-state index < -0.39 is 0 Å². The second-order valence-corrected chi connectivity index (χ2v) is 6.10. The van der Waals surface area contributed by atoms with Gasteiger partial charge < -0.3 is 5.73 Å². The first-order chi connectivity index (χ1) is 7.45. The van der Waals surface area contributed by atoms with Crippen molar-refractivity contribution < 1.29 is 4.79 Å². The minimum Gasteiger partial charge on any atom is -0.330 e. The highest BCUT2D eigenvalue weighted by Crippen LogP contribution is 2.35. The third-order valence-electron chi connectivity index (χ3n) is 4.01. The van der Waals surface area contributed by atoms with Crippen molar-refractivity contribution in [1.82, 2.24) is 0 Å². The monoisotopic (exact) mass is 225 g/mol. The first kappa shape index (κ1) is 13.7. The van der Waals surface area contributed by atoms with Crippen molar-refractivity contribution in [3.63, 3.8) is 0 Å². The zero-order chi connectivity index (χ0) is 12.3. The van der Waals surface area contributed by atoms with Crippen LogP contribution in [0.1, 0.15) is 47.0 Å². The third kappa shape index (κ3) is 3.31. The summed E-state index contributed by atoms with van der Waals surface area (Å²) in [7, 11) is 0. The van der Waals surface area contributed by atoms with Crippen LogP contribution in [0.3, 0.4) is 0 Å². The molecule has 2 N–H and O–H groups in total. The van der Waals surface area contributed by atoms with Gasteiger partial charge in [-0.15, -0.1) is 0 Å². The van der Waals surface area contributed by atoms with E-state index in [0.717, 1.165) is 12.8 Å². The molecule has 3 atom stereocenters. The van der Waals surface area contributed by atoms with E-state index in [2.05, 4.69) is 27.7 Å². The third-order valence-corrected chi connectivity index (χ3v) is 4.01. The fourth-order valence-electron chi connectivity index (χ4n) is 3.20. The lowest BCUT2D eigenvalue weighted by Crippen LogP contribution is -2.36. The van der Waals surface area contributed by atoms with E-state index >= 15 is 0 Å². The molecule has 16 heavy (non-hydrogen) atoms. The van der Waals surface area contributed by atoms with Gasteiger partial charge in [-0.2, -0.15) is 0 Å². The maximum atomic E-state index is 12.4. The van der Waals surface area contributed by atoms with Gasteiger partial charge in [-0.25, -0.2) is 0 Å². The van der Waals surface area contributed by atoms with E-state index in [0.29, 0.717) is 30.1 Å². The Hall–Kier alpha value is -0.370. The van der Waals surface area contributed by atoms with Crippen LogP contribution >= 0.6 is 0 Å². The van der Waals surface area contributed by atoms with Crippen molar-refractivity contribution in [1.29, 1.82) is 0 Å². The van der Waals surface area contributed by atoms with Crippen LogP contribution in [-0.4, -0.2) is 12.3 Å². The summed E-state index contributed by atoms with van der Waals surface area (Å²) >= 11 is 0. The van der Waals surface area contributed by atoms with E-state index in [4.69, 9.17) is 5.73 Å². The Morgan fingerprint density at radius 1 is 1.19 bits per heavy atom. The predicted octanol–water partition coefficient (Wildman–Crippen LogP) is 2.86. The normalized spacial score (nSPS) is 32.8. The first-order valence-corrected chi connectivity index (χ1v) is 6.69. The van der Waals surface area contributed by atoms with E-state index in [1.165, 1.54) is 6.42 Å². The lowest BCUT2D eigenvalue weighted by molar-refractivity contribution is -0.129. The van der Waals surface area contributed by atoms with Crippen LogP contribution in [0.5, 0.6) is 0 Å². The molecule has 0 radical (unpaired) electrons. The molecule has 0 bridgehead atoms. The summed E-state index contributed by atoms with van der Waals surface area (Å²) in [5.41, 5.74) is 5.73. The topological polar surface area (TPSA) is 43.1 Å². The molecule has 1 rings (SSSR count). The molecule has 94 valence electrons. The van der Waals surface area contributed by atoms with Gasteiger partial charge in [-0.1, -0.05) is 27.7 Å². The Balaban J connectivity index is 2.65. The quantitative estimate of drug-likeness (QED) is 0.799. The largest absolute Gasteiger partial charge is 0.330 e.